The molecule has 3 aromatic heterocycles. The van der Waals surface area contributed by atoms with Gasteiger partial charge in [-0.1, -0.05) is 0 Å². The van der Waals surface area contributed by atoms with Crippen LogP contribution in [0, 0.1) is 0 Å². The first-order valence-corrected chi connectivity index (χ1v) is 6.52. The van der Waals surface area contributed by atoms with Crippen LogP contribution in [-0.2, 0) is 0 Å². The van der Waals surface area contributed by atoms with Crippen LogP contribution in [0.1, 0.15) is 0 Å². The quantitative estimate of drug-likeness (QED) is 0.704. The lowest BCUT2D eigenvalue weighted by molar-refractivity contribution is 0.567. The fourth-order valence-electron chi connectivity index (χ4n) is 1.80. The van der Waals surface area contributed by atoms with Crippen molar-refractivity contribution in [2.24, 2.45) is 0 Å². The first kappa shape index (κ1) is 11.0. The van der Waals surface area contributed by atoms with Crippen molar-refractivity contribution >= 4 is 22.7 Å². The lowest BCUT2D eigenvalue weighted by Crippen LogP contribution is -2.08. The van der Waals surface area contributed by atoms with Crippen LogP contribution in [0.25, 0.3) is 11.1 Å². The molecule has 18 heavy (non-hydrogen) atoms. The Labute approximate surface area is 109 Å². The molecule has 90 valence electrons. The summed E-state index contributed by atoms with van der Waals surface area (Å²) in [7, 11) is 2.00. The summed E-state index contributed by atoms with van der Waals surface area (Å²) in [6, 6.07) is 6.16. The predicted octanol–water partition coefficient (Wildman–Crippen LogP) is 4.17. The first-order valence-electron chi connectivity index (χ1n) is 5.58. The van der Waals surface area contributed by atoms with E-state index in [1.165, 1.54) is 5.56 Å². The van der Waals surface area contributed by atoms with Gasteiger partial charge in [-0.05, 0) is 28.5 Å². The Morgan fingerprint density at radius 2 is 2.11 bits per heavy atom. The van der Waals surface area contributed by atoms with E-state index in [4.69, 9.17) is 4.42 Å². The second-order valence-electron chi connectivity index (χ2n) is 3.98. The van der Waals surface area contributed by atoms with E-state index in [2.05, 4.69) is 27.9 Å². The molecule has 3 rings (SSSR count). The van der Waals surface area contributed by atoms with E-state index >= 15 is 0 Å². The Morgan fingerprint density at radius 1 is 1.17 bits per heavy atom. The fraction of sp³-hybridized carbons (Fsp3) is 0.0714. The van der Waals surface area contributed by atoms with Crippen molar-refractivity contribution in [2.45, 2.75) is 0 Å². The Bertz CT molecular complexity index is 617. The van der Waals surface area contributed by atoms with Gasteiger partial charge in [0.2, 0.25) is 0 Å². The van der Waals surface area contributed by atoms with Crippen molar-refractivity contribution in [3.8, 4) is 11.1 Å². The SMILES string of the molecule is CN(c1ccoc1)c1cncc(-c2ccsc2)c1. The highest BCUT2D eigenvalue weighted by atomic mass is 32.1. The molecule has 0 aromatic carbocycles. The topological polar surface area (TPSA) is 29.3 Å². The maximum absolute atomic E-state index is 5.10. The molecule has 0 aliphatic carbocycles. The van der Waals surface area contributed by atoms with Gasteiger partial charge in [-0.25, -0.2) is 0 Å². The number of hydrogen-bond acceptors (Lipinski definition) is 4. The van der Waals surface area contributed by atoms with E-state index in [9.17, 15) is 0 Å². The number of aromatic nitrogens is 1. The first-order chi connectivity index (χ1) is 8.84. The molecule has 0 unspecified atom stereocenters. The standard InChI is InChI=1S/C14H12N2OS/c1-16(13-2-4-17-9-13)14-6-12(7-15-8-14)11-3-5-18-10-11/h2-10H,1H3. The van der Waals surface area contributed by atoms with E-state index in [1.54, 1.807) is 23.9 Å². The van der Waals surface area contributed by atoms with Crippen molar-refractivity contribution in [3.05, 3.63) is 53.9 Å². The third-order valence-corrected chi connectivity index (χ3v) is 3.54. The highest BCUT2D eigenvalue weighted by molar-refractivity contribution is 7.08. The van der Waals surface area contributed by atoms with Crippen LogP contribution in [0.5, 0.6) is 0 Å². The molecule has 0 atom stereocenters. The maximum atomic E-state index is 5.10. The van der Waals surface area contributed by atoms with Gasteiger partial charge in [-0.2, -0.15) is 11.3 Å². The number of furan rings is 1. The minimum atomic E-state index is 1.01. The van der Waals surface area contributed by atoms with Crippen molar-refractivity contribution in [1.29, 1.82) is 0 Å². The minimum absolute atomic E-state index is 1.01. The highest BCUT2D eigenvalue weighted by Gasteiger charge is 2.07. The monoisotopic (exact) mass is 256 g/mol. The normalized spacial score (nSPS) is 10.5. The molecule has 0 radical (unpaired) electrons. The third kappa shape index (κ3) is 2.02. The van der Waals surface area contributed by atoms with E-state index < -0.39 is 0 Å². The molecule has 3 nitrogen and oxygen atoms in total. The second-order valence-corrected chi connectivity index (χ2v) is 4.76. The van der Waals surface area contributed by atoms with Gasteiger partial charge in [-0.15, -0.1) is 0 Å². The summed E-state index contributed by atoms with van der Waals surface area (Å²) in [5, 5.41) is 4.19. The van der Waals surface area contributed by atoms with Crippen LogP contribution in [0.2, 0.25) is 0 Å². The van der Waals surface area contributed by atoms with E-state index in [0.717, 1.165) is 16.9 Å². The van der Waals surface area contributed by atoms with Crippen molar-refractivity contribution in [3.63, 3.8) is 0 Å². The van der Waals surface area contributed by atoms with Gasteiger partial charge in [0.1, 0.15) is 6.26 Å². The van der Waals surface area contributed by atoms with E-state index in [1.807, 2.05) is 30.4 Å². The number of hydrogen-bond donors (Lipinski definition) is 0. The molecule has 0 spiro atoms. The van der Waals surface area contributed by atoms with Gasteiger partial charge in [-0.3, -0.25) is 4.98 Å². The summed E-state index contributed by atoms with van der Waals surface area (Å²) < 4.78 is 5.10. The fourth-order valence-corrected chi connectivity index (χ4v) is 2.46. The van der Waals surface area contributed by atoms with Gasteiger partial charge in [0.15, 0.2) is 0 Å². The molecule has 0 saturated heterocycles. The van der Waals surface area contributed by atoms with Crippen molar-refractivity contribution in [2.75, 3.05) is 11.9 Å². The smallest absolute Gasteiger partial charge is 0.114 e. The van der Waals surface area contributed by atoms with Crippen LogP contribution in [0.15, 0.2) is 58.3 Å². The molecule has 3 aromatic rings. The van der Waals surface area contributed by atoms with Gasteiger partial charge in [0, 0.05) is 24.9 Å². The number of thiophene rings is 1. The second kappa shape index (κ2) is 4.66. The van der Waals surface area contributed by atoms with Crippen molar-refractivity contribution in [1.82, 2.24) is 4.98 Å². The van der Waals surface area contributed by atoms with Crippen LogP contribution in [0.3, 0.4) is 0 Å². The average Bonchev–Trinajstić information content (AvgIpc) is 3.11. The number of pyridine rings is 1. The highest BCUT2D eigenvalue weighted by Crippen LogP contribution is 2.28. The predicted molar refractivity (Wildman–Crippen MR) is 74.3 cm³/mol. The van der Waals surface area contributed by atoms with Crippen LogP contribution in [0.4, 0.5) is 11.4 Å². The molecule has 0 amide bonds. The van der Waals surface area contributed by atoms with Crippen molar-refractivity contribution < 1.29 is 4.42 Å². The number of nitrogens with zero attached hydrogens (tertiary/aromatic N) is 2. The van der Waals surface area contributed by atoms with E-state index in [0.29, 0.717) is 0 Å². The Balaban J connectivity index is 1.96. The minimum Gasteiger partial charge on any atom is -0.470 e. The lowest BCUT2D eigenvalue weighted by atomic mass is 10.1. The van der Waals surface area contributed by atoms with Gasteiger partial charge in [0.05, 0.1) is 23.8 Å². The summed E-state index contributed by atoms with van der Waals surface area (Å²) in [4.78, 5) is 6.35. The van der Waals surface area contributed by atoms with E-state index in [-0.39, 0.29) is 0 Å². The molecular weight excluding hydrogens is 244 g/mol. The van der Waals surface area contributed by atoms with Crippen LogP contribution >= 0.6 is 11.3 Å². The Hall–Kier alpha value is -2.07. The molecule has 0 N–H and O–H groups in total. The zero-order valence-corrected chi connectivity index (χ0v) is 10.7. The molecule has 0 saturated carbocycles. The molecule has 0 aliphatic rings. The zero-order valence-electron chi connectivity index (χ0n) is 9.91. The molecule has 0 fully saturated rings. The molecular formula is C14H12N2OS. The summed E-state index contributed by atoms with van der Waals surface area (Å²) in [5.41, 5.74) is 4.39. The number of anilines is 2. The molecule has 0 aliphatic heterocycles. The summed E-state index contributed by atoms with van der Waals surface area (Å²) in [5.74, 6) is 0. The molecule has 3 heterocycles. The number of rotatable bonds is 3. The maximum Gasteiger partial charge on any atom is 0.114 e. The van der Waals surface area contributed by atoms with Gasteiger partial charge >= 0.3 is 0 Å². The Kier molecular flexibility index (Phi) is 2.86. The molecule has 4 heteroatoms. The summed E-state index contributed by atoms with van der Waals surface area (Å²) in [6.07, 6.45) is 7.12. The Morgan fingerprint density at radius 3 is 2.83 bits per heavy atom. The van der Waals surface area contributed by atoms with Gasteiger partial charge < -0.3 is 9.32 Å². The van der Waals surface area contributed by atoms with Crippen LogP contribution in [-0.4, -0.2) is 12.0 Å². The average molecular weight is 256 g/mol. The molecule has 0 bridgehead atoms. The summed E-state index contributed by atoms with van der Waals surface area (Å²) >= 11 is 1.69. The largest absolute Gasteiger partial charge is 0.470 e. The van der Waals surface area contributed by atoms with Gasteiger partial charge in [0.25, 0.3) is 0 Å². The zero-order chi connectivity index (χ0) is 12.4. The van der Waals surface area contributed by atoms with Crippen LogP contribution < -0.4 is 4.90 Å². The summed E-state index contributed by atoms with van der Waals surface area (Å²) in [6.45, 7) is 0. The third-order valence-electron chi connectivity index (χ3n) is 2.86. The lowest BCUT2D eigenvalue weighted by Gasteiger charge is -2.17.